The molecule has 2 amide bonds. The minimum Gasteiger partial charge on any atom is -0.494 e. The van der Waals surface area contributed by atoms with Gasteiger partial charge in [0, 0.05) is 15.6 Å². The molecular formula is C27H26BrN3O5. The number of esters is 1. The van der Waals surface area contributed by atoms with Crippen LogP contribution in [0.5, 0.6) is 11.5 Å². The zero-order chi connectivity index (χ0) is 25.9. The van der Waals surface area contributed by atoms with Crippen molar-refractivity contribution in [2.45, 2.75) is 20.3 Å². The second-order valence-electron chi connectivity index (χ2n) is 7.74. The van der Waals surface area contributed by atoms with Crippen molar-refractivity contribution in [3.05, 3.63) is 93.5 Å². The van der Waals surface area contributed by atoms with Crippen LogP contribution in [0, 0.1) is 6.92 Å². The first-order valence-electron chi connectivity index (χ1n) is 11.3. The Labute approximate surface area is 217 Å². The molecule has 3 aromatic carbocycles. The van der Waals surface area contributed by atoms with Crippen LogP contribution >= 0.6 is 15.9 Å². The lowest BCUT2D eigenvalue weighted by Crippen LogP contribution is -2.35. The lowest BCUT2D eigenvalue weighted by atomic mass is 10.1. The number of nitrogens with one attached hydrogen (secondary N) is 2. The van der Waals surface area contributed by atoms with E-state index in [0.717, 1.165) is 16.5 Å². The largest absolute Gasteiger partial charge is 0.494 e. The predicted molar refractivity (Wildman–Crippen MR) is 141 cm³/mol. The van der Waals surface area contributed by atoms with Crippen molar-refractivity contribution < 1.29 is 23.9 Å². The van der Waals surface area contributed by atoms with Crippen molar-refractivity contribution in [2.24, 2.45) is 5.10 Å². The minimum absolute atomic E-state index is 0.247. The highest BCUT2D eigenvalue weighted by Gasteiger charge is 2.13. The van der Waals surface area contributed by atoms with E-state index in [1.807, 2.05) is 26.0 Å². The van der Waals surface area contributed by atoms with Gasteiger partial charge < -0.3 is 14.8 Å². The third kappa shape index (κ3) is 7.78. The van der Waals surface area contributed by atoms with Crippen LogP contribution in [0.2, 0.25) is 0 Å². The summed E-state index contributed by atoms with van der Waals surface area (Å²) in [6, 6.07) is 18.8. The zero-order valence-corrected chi connectivity index (χ0v) is 21.5. The van der Waals surface area contributed by atoms with E-state index in [9.17, 15) is 14.4 Å². The van der Waals surface area contributed by atoms with Crippen molar-refractivity contribution >= 4 is 39.9 Å². The third-order valence-electron chi connectivity index (χ3n) is 4.93. The number of nitrogens with zero attached hydrogens (tertiary/aromatic N) is 1. The maximum atomic E-state index is 12.6. The fraction of sp³-hybridized carbons (Fsp3) is 0.185. The van der Waals surface area contributed by atoms with Crippen LogP contribution < -0.4 is 20.2 Å². The second-order valence-corrected chi connectivity index (χ2v) is 8.65. The maximum Gasteiger partial charge on any atom is 0.343 e. The van der Waals surface area contributed by atoms with E-state index in [2.05, 4.69) is 31.8 Å². The van der Waals surface area contributed by atoms with Gasteiger partial charge in [0.1, 0.15) is 11.5 Å². The molecule has 3 aromatic rings. The average molecular weight is 552 g/mol. The molecule has 0 aliphatic rings. The van der Waals surface area contributed by atoms with Crippen LogP contribution in [-0.4, -0.2) is 37.1 Å². The number of hydrogen-bond acceptors (Lipinski definition) is 6. The van der Waals surface area contributed by atoms with Gasteiger partial charge in [-0.25, -0.2) is 10.2 Å². The van der Waals surface area contributed by atoms with E-state index < -0.39 is 11.9 Å². The molecule has 8 nitrogen and oxygen atoms in total. The molecule has 0 heterocycles. The summed E-state index contributed by atoms with van der Waals surface area (Å²) in [6.07, 6.45) is 2.25. The van der Waals surface area contributed by atoms with Gasteiger partial charge in [0.15, 0.2) is 0 Å². The molecule has 3 rings (SSSR count). The summed E-state index contributed by atoms with van der Waals surface area (Å²) < 4.78 is 11.8. The van der Waals surface area contributed by atoms with Gasteiger partial charge >= 0.3 is 5.97 Å². The number of amides is 2. The number of halogens is 1. The van der Waals surface area contributed by atoms with Gasteiger partial charge in [-0.05, 0) is 67.4 Å². The van der Waals surface area contributed by atoms with Gasteiger partial charge in [-0.3, -0.25) is 9.59 Å². The summed E-state index contributed by atoms with van der Waals surface area (Å²) in [5, 5.41) is 6.48. The summed E-state index contributed by atoms with van der Waals surface area (Å²) >= 11 is 3.37. The first-order valence-corrected chi connectivity index (χ1v) is 12.1. The van der Waals surface area contributed by atoms with E-state index in [1.54, 1.807) is 54.6 Å². The molecule has 0 radical (unpaired) electrons. The van der Waals surface area contributed by atoms with E-state index in [1.165, 1.54) is 6.21 Å². The number of benzene rings is 3. The van der Waals surface area contributed by atoms with Crippen molar-refractivity contribution in [3.8, 4) is 11.5 Å². The van der Waals surface area contributed by atoms with E-state index >= 15 is 0 Å². The third-order valence-corrected chi connectivity index (χ3v) is 5.42. The fourth-order valence-corrected chi connectivity index (χ4v) is 3.45. The quantitative estimate of drug-likeness (QED) is 0.165. The molecule has 36 heavy (non-hydrogen) atoms. The van der Waals surface area contributed by atoms with E-state index in [-0.39, 0.29) is 18.2 Å². The van der Waals surface area contributed by atoms with E-state index in [4.69, 9.17) is 9.47 Å². The molecule has 0 atom stereocenters. The summed E-state index contributed by atoms with van der Waals surface area (Å²) in [7, 11) is 0. The number of hydrogen-bond donors (Lipinski definition) is 2. The SMILES string of the molecule is CCCOc1ccc(C(=O)Oc2ccc(Br)cc2/C=N\NC(=O)CNC(=O)c2ccccc2C)cc1. The molecule has 0 spiro atoms. The Morgan fingerprint density at radius 2 is 1.78 bits per heavy atom. The topological polar surface area (TPSA) is 106 Å². The van der Waals surface area contributed by atoms with Crippen LogP contribution in [0.15, 0.2) is 76.3 Å². The fourth-order valence-electron chi connectivity index (χ4n) is 3.08. The van der Waals surface area contributed by atoms with Crippen LogP contribution in [0.3, 0.4) is 0 Å². The molecule has 0 saturated heterocycles. The Morgan fingerprint density at radius 1 is 1.03 bits per heavy atom. The Balaban J connectivity index is 1.58. The molecule has 0 aliphatic heterocycles. The molecule has 0 aliphatic carbocycles. The number of carbonyl (C=O) groups excluding carboxylic acids is 3. The maximum absolute atomic E-state index is 12.6. The molecule has 9 heteroatoms. The van der Waals surface area contributed by atoms with Gasteiger partial charge in [-0.15, -0.1) is 0 Å². The number of rotatable bonds is 10. The van der Waals surface area contributed by atoms with Gasteiger partial charge in [0.2, 0.25) is 0 Å². The van der Waals surface area contributed by atoms with Gasteiger partial charge in [0.25, 0.3) is 11.8 Å². The number of ether oxygens (including phenoxy) is 2. The molecular weight excluding hydrogens is 526 g/mol. The molecule has 0 fully saturated rings. The summed E-state index contributed by atoms with van der Waals surface area (Å²) in [5.74, 6) is -0.460. The average Bonchev–Trinajstić information content (AvgIpc) is 2.88. The standard InChI is InChI=1S/C27H26BrN3O5/c1-3-14-35-22-11-8-19(9-12-22)27(34)36-24-13-10-21(28)15-20(24)16-30-31-25(32)17-29-26(33)23-7-5-4-6-18(23)2/h4-13,15-16H,3,14,17H2,1-2H3,(H,29,33)(H,31,32)/b30-16-. The Morgan fingerprint density at radius 3 is 2.50 bits per heavy atom. The lowest BCUT2D eigenvalue weighted by Gasteiger charge is -2.09. The first-order chi connectivity index (χ1) is 17.4. The predicted octanol–water partition coefficient (Wildman–Crippen LogP) is 4.65. The summed E-state index contributed by atoms with van der Waals surface area (Å²) in [5.41, 5.74) is 4.49. The smallest absolute Gasteiger partial charge is 0.343 e. The Kier molecular flexibility index (Phi) is 9.76. The Bertz CT molecular complexity index is 1260. The lowest BCUT2D eigenvalue weighted by molar-refractivity contribution is -0.120. The van der Waals surface area contributed by atoms with E-state index in [0.29, 0.717) is 29.0 Å². The monoisotopic (exact) mass is 551 g/mol. The normalized spacial score (nSPS) is 10.6. The highest BCUT2D eigenvalue weighted by molar-refractivity contribution is 9.10. The molecule has 186 valence electrons. The second kappa shape index (κ2) is 13.2. The zero-order valence-electron chi connectivity index (χ0n) is 19.9. The van der Waals surface area contributed by atoms with Gasteiger partial charge in [-0.1, -0.05) is 41.1 Å². The van der Waals surface area contributed by atoms with Gasteiger partial charge in [0.05, 0.1) is 24.9 Å². The van der Waals surface area contributed by atoms with Crippen LogP contribution in [-0.2, 0) is 4.79 Å². The minimum atomic E-state index is -0.544. The van der Waals surface area contributed by atoms with Crippen molar-refractivity contribution in [2.75, 3.05) is 13.2 Å². The molecule has 0 aromatic heterocycles. The highest BCUT2D eigenvalue weighted by Crippen LogP contribution is 2.23. The van der Waals surface area contributed by atoms with Crippen molar-refractivity contribution in [3.63, 3.8) is 0 Å². The molecule has 0 saturated carbocycles. The molecule has 0 unspecified atom stereocenters. The summed E-state index contributed by atoms with van der Waals surface area (Å²) in [6.45, 7) is 4.18. The molecule has 2 N–H and O–H groups in total. The van der Waals surface area contributed by atoms with Crippen LogP contribution in [0.25, 0.3) is 0 Å². The summed E-state index contributed by atoms with van der Waals surface area (Å²) in [4.78, 5) is 37.0. The van der Waals surface area contributed by atoms with Crippen LogP contribution in [0.4, 0.5) is 0 Å². The number of hydrazone groups is 1. The van der Waals surface area contributed by atoms with Crippen molar-refractivity contribution in [1.82, 2.24) is 10.7 Å². The van der Waals surface area contributed by atoms with Crippen molar-refractivity contribution in [1.29, 1.82) is 0 Å². The number of aryl methyl sites for hydroxylation is 1. The molecule has 0 bridgehead atoms. The number of carbonyl (C=O) groups is 3. The van der Waals surface area contributed by atoms with Crippen LogP contribution in [0.1, 0.15) is 45.2 Å². The Hall–Kier alpha value is -3.98. The highest BCUT2D eigenvalue weighted by atomic mass is 79.9. The first kappa shape index (κ1) is 26.6. The van der Waals surface area contributed by atoms with Gasteiger partial charge in [-0.2, -0.15) is 5.10 Å².